The zero-order valence-corrected chi connectivity index (χ0v) is 10.1. The number of hydrogen-bond acceptors (Lipinski definition) is 3. The molecule has 2 N–H and O–H groups in total. The Morgan fingerprint density at radius 1 is 1.12 bits per heavy atom. The van der Waals surface area contributed by atoms with Crippen LogP contribution in [0.3, 0.4) is 0 Å². The molecule has 0 spiro atoms. The van der Waals surface area contributed by atoms with E-state index in [9.17, 15) is 5.11 Å². The van der Waals surface area contributed by atoms with E-state index < -0.39 is 0 Å². The van der Waals surface area contributed by atoms with Crippen molar-refractivity contribution in [1.82, 2.24) is 5.32 Å². The van der Waals surface area contributed by atoms with Crippen molar-refractivity contribution < 1.29 is 5.11 Å². The van der Waals surface area contributed by atoms with Crippen molar-refractivity contribution in [3.05, 3.63) is 51.7 Å². The van der Waals surface area contributed by atoms with Gasteiger partial charge >= 0.3 is 0 Å². The molecule has 0 amide bonds. The van der Waals surface area contributed by atoms with E-state index in [0.717, 1.165) is 12.1 Å². The van der Waals surface area contributed by atoms with Crippen molar-refractivity contribution in [2.24, 2.45) is 0 Å². The Morgan fingerprint density at radius 2 is 1.94 bits per heavy atom. The Labute approximate surface area is 99.6 Å². The second-order valence-electron chi connectivity index (χ2n) is 3.74. The largest absolute Gasteiger partial charge is 0.508 e. The molecule has 0 saturated heterocycles. The molecule has 0 atom stereocenters. The van der Waals surface area contributed by atoms with Gasteiger partial charge in [0.15, 0.2) is 0 Å². The van der Waals surface area contributed by atoms with E-state index in [0.29, 0.717) is 12.3 Å². The van der Waals surface area contributed by atoms with Crippen LogP contribution in [0, 0.1) is 6.92 Å². The molecule has 2 nitrogen and oxygen atoms in total. The van der Waals surface area contributed by atoms with Crippen molar-refractivity contribution in [2.75, 3.05) is 0 Å². The molecular weight excluding hydrogens is 218 g/mol. The monoisotopic (exact) mass is 233 g/mol. The highest BCUT2D eigenvalue weighted by atomic mass is 32.1. The number of thiophene rings is 1. The van der Waals surface area contributed by atoms with Crippen molar-refractivity contribution >= 4 is 11.3 Å². The van der Waals surface area contributed by atoms with Crippen LogP contribution in [0.25, 0.3) is 0 Å². The molecule has 2 rings (SSSR count). The van der Waals surface area contributed by atoms with Crippen LogP contribution in [0.1, 0.15) is 15.3 Å². The molecule has 1 aromatic carbocycles. The van der Waals surface area contributed by atoms with Gasteiger partial charge in [0.2, 0.25) is 0 Å². The second-order valence-corrected chi connectivity index (χ2v) is 5.12. The Balaban J connectivity index is 1.87. The number of benzene rings is 1. The molecule has 2 aromatic rings. The Bertz CT molecular complexity index is 464. The van der Waals surface area contributed by atoms with Crippen LogP contribution >= 0.6 is 11.3 Å². The van der Waals surface area contributed by atoms with Crippen LogP contribution < -0.4 is 5.32 Å². The number of para-hydroxylation sites is 1. The third-order valence-corrected chi connectivity index (χ3v) is 3.40. The zero-order valence-electron chi connectivity index (χ0n) is 9.23. The Kier molecular flexibility index (Phi) is 3.59. The third-order valence-electron chi connectivity index (χ3n) is 2.40. The molecule has 0 aliphatic rings. The topological polar surface area (TPSA) is 32.3 Å². The van der Waals surface area contributed by atoms with Gasteiger partial charge in [0.05, 0.1) is 0 Å². The van der Waals surface area contributed by atoms with Gasteiger partial charge in [0.25, 0.3) is 0 Å². The maximum absolute atomic E-state index is 9.57. The van der Waals surface area contributed by atoms with E-state index in [4.69, 9.17) is 0 Å². The molecule has 0 fully saturated rings. The van der Waals surface area contributed by atoms with Gasteiger partial charge in [0, 0.05) is 28.4 Å². The van der Waals surface area contributed by atoms with Crippen LogP contribution in [0.2, 0.25) is 0 Å². The lowest BCUT2D eigenvalue weighted by atomic mass is 10.2. The SMILES string of the molecule is Cc1ccc(CNCc2ccccc2O)s1. The van der Waals surface area contributed by atoms with Crippen LogP contribution in [0.4, 0.5) is 0 Å². The summed E-state index contributed by atoms with van der Waals surface area (Å²) in [6, 6.07) is 11.7. The summed E-state index contributed by atoms with van der Waals surface area (Å²) in [4.78, 5) is 2.66. The maximum atomic E-state index is 9.57. The van der Waals surface area contributed by atoms with Gasteiger partial charge in [-0.15, -0.1) is 11.3 Å². The number of phenols is 1. The fraction of sp³-hybridized carbons (Fsp3) is 0.231. The van der Waals surface area contributed by atoms with Crippen LogP contribution in [0.15, 0.2) is 36.4 Å². The molecular formula is C13H15NOS. The standard InChI is InChI=1S/C13H15NOS/c1-10-6-7-12(16-10)9-14-8-11-4-2-3-5-13(11)15/h2-7,14-15H,8-9H2,1H3. The fourth-order valence-electron chi connectivity index (χ4n) is 1.56. The number of phenolic OH excluding ortho intramolecular Hbond substituents is 1. The molecule has 3 heteroatoms. The van der Waals surface area contributed by atoms with Crippen LogP contribution in [-0.4, -0.2) is 5.11 Å². The molecule has 0 bridgehead atoms. The molecule has 0 unspecified atom stereocenters. The predicted molar refractivity (Wildman–Crippen MR) is 67.7 cm³/mol. The molecule has 0 aliphatic heterocycles. The number of hydrogen-bond donors (Lipinski definition) is 2. The summed E-state index contributed by atoms with van der Waals surface area (Å²) in [5, 5.41) is 12.9. The molecule has 0 radical (unpaired) electrons. The average molecular weight is 233 g/mol. The van der Waals surface area contributed by atoms with Crippen molar-refractivity contribution in [1.29, 1.82) is 0 Å². The molecule has 84 valence electrons. The summed E-state index contributed by atoms with van der Waals surface area (Å²) in [5.74, 6) is 0.359. The van der Waals surface area contributed by atoms with Gasteiger partial charge in [-0.25, -0.2) is 0 Å². The molecule has 1 heterocycles. The normalized spacial score (nSPS) is 10.6. The zero-order chi connectivity index (χ0) is 11.4. The number of nitrogens with one attached hydrogen (secondary N) is 1. The van der Waals surface area contributed by atoms with Crippen molar-refractivity contribution in [3.63, 3.8) is 0 Å². The lowest BCUT2D eigenvalue weighted by Crippen LogP contribution is -2.11. The van der Waals surface area contributed by atoms with Crippen LogP contribution in [0.5, 0.6) is 5.75 Å². The third kappa shape index (κ3) is 2.84. The van der Waals surface area contributed by atoms with Gasteiger partial charge in [-0.3, -0.25) is 0 Å². The van der Waals surface area contributed by atoms with Gasteiger partial charge < -0.3 is 10.4 Å². The Hall–Kier alpha value is -1.32. The summed E-state index contributed by atoms with van der Waals surface area (Å²) >= 11 is 1.80. The van der Waals surface area contributed by atoms with Crippen LogP contribution in [-0.2, 0) is 13.1 Å². The van der Waals surface area contributed by atoms with E-state index in [1.807, 2.05) is 18.2 Å². The summed E-state index contributed by atoms with van der Waals surface area (Å²) in [6.07, 6.45) is 0. The summed E-state index contributed by atoms with van der Waals surface area (Å²) in [5.41, 5.74) is 0.941. The molecule has 0 saturated carbocycles. The second kappa shape index (κ2) is 5.14. The first-order chi connectivity index (χ1) is 7.75. The lowest BCUT2D eigenvalue weighted by molar-refractivity contribution is 0.464. The van der Waals surface area contributed by atoms with Gasteiger partial charge in [-0.1, -0.05) is 18.2 Å². The lowest BCUT2D eigenvalue weighted by Gasteiger charge is -2.05. The number of aryl methyl sites for hydroxylation is 1. The Morgan fingerprint density at radius 3 is 2.62 bits per heavy atom. The first-order valence-electron chi connectivity index (χ1n) is 5.28. The fourth-order valence-corrected chi connectivity index (χ4v) is 2.42. The highest BCUT2D eigenvalue weighted by molar-refractivity contribution is 7.11. The van der Waals surface area contributed by atoms with E-state index in [-0.39, 0.29) is 0 Å². The maximum Gasteiger partial charge on any atom is 0.120 e. The van der Waals surface area contributed by atoms with Crippen molar-refractivity contribution in [3.8, 4) is 5.75 Å². The summed E-state index contributed by atoms with van der Waals surface area (Å²) in [7, 11) is 0. The number of rotatable bonds is 4. The highest BCUT2D eigenvalue weighted by Gasteiger charge is 2.00. The quantitative estimate of drug-likeness (QED) is 0.850. The number of aromatic hydroxyl groups is 1. The minimum atomic E-state index is 0.359. The van der Waals surface area contributed by atoms with Gasteiger partial charge in [0.1, 0.15) is 5.75 Å². The smallest absolute Gasteiger partial charge is 0.120 e. The minimum absolute atomic E-state index is 0.359. The van der Waals surface area contributed by atoms with Crippen molar-refractivity contribution in [2.45, 2.75) is 20.0 Å². The summed E-state index contributed by atoms with van der Waals surface area (Å²) < 4.78 is 0. The first kappa shape index (κ1) is 11.2. The van der Waals surface area contributed by atoms with E-state index in [2.05, 4.69) is 24.4 Å². The van der Waals surface area contributed by atoms with E-state index in [1.165, 1.54) is 9.75 Å². The summed E-state index contributed by atoms with van der Waals surface area (Å²) in [6.45, 7) is 3.66. The molecule has 0 aliphatic carbocycles. The van der Waals surface area contributed by atoms with E-state index in [1.54, 1.807) is 17.4 Å². The highest BCUT2D eigenvalue weighted by Crippen LogP contribution is 2.17. The average Bonchev–Trinajstić information content (AvgIpc) is 2.67. The first-order valence-corrected chi connectivity index (χ1v) is 6.10. The predicted octanol–water partition coefficient (Wildman–Crippen LogP) is 3.05. The van der Waals surface area contributed by atoms with E-state index >= 15 is 0 Å². The molecule has 1 aromatic heterocycles. The van der Waals surface area contributed by atoms with Gasteiger partial charge in [-0.05, 0) is 25.1 Å². The molecule has 16 heavy (non-hydrogen) atoms. The van der Waals surface area contributed by atoms with Gasteiger partial charge in [-0.2, -0.15) is 0 Å². The minimum Gasteiger partial charge on any atom is -0.508 e.